The van der Waals surface area contributed by atoms with E-state index in [0.29, 0.717) is 6.42 Å². The fourth-order valence-corrected chi connectivity index (χ4v) is 3.13. The van der Waals surface area contributed by atoms with Gasteiger partial charge in [0.05, 0.1) is 13.2 Å². The molecule has 0 spiro atoms. The molecule has 3 rings (SSSR count). The van der Waals surface area contributed by atoms with Crippen LogP contribution in [-0.4, -0.2) is 28.1 Å². The number of aliphatic hydroxyl groups is 1. The van der Waals surface area contributed by atoms with Crippen LogP contribution >= 0.6 is 7.82 Å². The lowest BCUT2D eigenvalue weighted by molar-refractivity contribution is 0.201. The molecule has 0 fully saturated rings. The van der Waals surface area contributed by atoms with Crippen LogP contribution in [-0.2, 0) is 9.09 Å². The van der Waals surface area contributed by atoms with Crippen molar-refractivity contribution in [1.29, 1.82) is 0 Å². The molecular formula is C22H19O5P. The Morgan fingerprint density at radius 1 is 0.821 bits per heavy atom. The number of hydrogen-bond acceptors (Lipinski definition) is 3. The lowest BCUT2D eigenvalue weighted by Crippen LogP contribution is -1.90. The van der Waals surface area contributed by atoms with E-state index in [2.05, 4.69) is 40.3 Å². The molecule has 0 saturated heterocycles. The summed E-state index contributed by atoms with van der Waals surface area (Å²) in [5.74, 6) is 11.9. The zero-order valence-electron chi connectivity index (χ0n) is 15.1. The van der Waals surface area contributed by atoms with Gasteiger partial charge in [-0.1, -0.05) is 47.9 Å². The van der Waals surface area contributed by atoms with E-state index >= 15 is 0 Å². The molecule has 0 radical (unpaired) electrons. The maximum Gasteiger partial charge on any atom is 0.469 e. The van der Waals surface area contributed by atoms with Crippen LogP contribution in [0.4, 0.5) is 0 Å². The first-order chi connectivity index (χ1) is 13.5. The topological polar surface area (TPSA) is 87.0 Å². The molecule has 3 aromatic rings. The quantitative estimate of drug-likeness (QED) is 0.273. The number of benzene rings is 3. The Morgan fingerprint density at radius 2 is 1.32 bits per heavy atom. The van der Waals surface area contributed by atoms with Crippen molar-refractivity contribution in [3.05, 3.63) is 59.7 Å². The second kappa shape index (κ2) is 9.04. The zero-order valence-corrected chi connectivity index (χ0v) is 15.9. The number of aliphatic hydroxyl groups excluding tert-OH is 1. The SMILES string of the molecule is O=P(O)(O)OCCC#Cc1ccc2ccc3ccc(C#CCCO)cc3c2c1. The van der Waals surface area contributed by atoms with Crippen molar-refractivity contribution in [3.63, 3.8) is 0 Å². The summed E-state index contributed by atoms with van der Waals surface area (Å²) in [4.78, 5) is 17.3. The first-order valence-electron chi connectivity index (χ1n) is 8.71. The molecule has 0 aliphatic carbocycles. The van der Waals surface area contributed by atoms with Gasteiger partial charge in [0.1, 0.15) is 0 Å². The molecule has 0 atom stereocenters. The summed E-state index contributed by atoms with van der Waals surface area (Å²) in [5, 5.41) is 13.2. The van der Waals surface area contributed by atoms with Gasteiger partial charge in [-0.2, -0.15) is 0 Å². The molecule has 6 heteroatoms. The maximum atomic E-state index is 10.6. The lowest BCUT2D eigenvalue weighted by atomic mass is 9.98. The van der Waals surface area contributed by atoms with E-state index in [9.17, 15) is 4.57 Å². The van der Waals surface area contributed by atoms with Crippen LogP contribution in [0.1, 0.15) is 24.0 Å². The van der Waals surface area contributed by atoms with Gasteiger partial charge in [-0.05, 0) is 45.8 Å². The molecule has 0 bridgehead atoms. The lowest BCUT2D eigenvalue weighted by Gasteiger charge is -2.05. The van der Waals surface area contributed by atoms with Crippen LogP contribution in [0.25, 0.3) is 21.5 Å². The molecule has 142 valence electrons. The Labute approximate surface area is 163 Å². The third-order valence-electron chi connectivity index (χ3n) is 4.03. The first-order valence-corrected chi connectivity index (χ1v) is 10.2. The van der Waals surface area contributed by atoms with Gasteiger partial charge in [-0.3, -0.25) is 4.52 Å². The van der Waals surface area contributed by atoms with Crippen LogP contribution < -0.4 is 0 Å². The molecule has 0 amide bonds. The average molecular weight is 394 g/mol. The number of phosphoric ester groups is 1. The molecule has 0 saturated carbocycles. The summed E-state index contributed by atoms with van der Waals surface area (Å²) in [6.07, 6.45) is 0.669. The van der Waals surface area contributed by atoms with Crippen LogP contribution in [0.2, 0.25) is 0 Å². The largest absolute Gasteiger partial charge is 0.469 e. The summed E-state index contributed by atoms with van der Waals surface area (Å²) in [5.41, 5.74) is 1.70. The van der Waals surface area contributed by atoms with Gasteiger partial charge in [0, 0.05) is 24.0 Å². The zero-order chi connectivity index (χ0) is 20.0. The molecule has 0 heterocycles. The van der Waals surface area contributed by atoms with Crippen LogP contribution in [0, 0.1) is 23.7 Å². The highest BCUT2D eigenvalue weighted by atomic mass is 31.2. The Bertz CT molecular complexity index is 1170. The fourth-order valence-electron chi connectivity index (χ4n) is 2.81. The summed E-state index contributed by atoms with van der Waals surface area (Å²) in [6.45, 7) is -0.0750. The third-order valence-corrected chi connectivity index (χ3v) is 4.55. The second-order valence-corrected chi connectivity index (χ2v) is 7.33. The van der Waals surface area contributed by atoms with E-state index in [-0.39, 0.29) is 19.6 Å². The first kappa shape index (κ1) is 20.1. The molecular weight excluding hydrogens is 375 g/mol. The minimum absolute atomic E-state index is 0.0464. The van der Waals surface area contributed by atoms with Crippen molar-refractivity contribution in [2.24, 2.45) is 0 Å². The molecule has 0 aliphatic heterocycles. The number of phosphoric acid groups is 1. The fraction of sp³-hybridized carbons (Fsp3) is 0.182. The van der Waals surface area contributed by atoms with Crippen molar-refractivity contribution in [1.82, 2.24) is 0 Å². The monoisotopic (exact) mass is 394 g/mol. The molecule has 0 aliphatic rings. The minimum Gasteiger partial charge on any atom is -0.395 e. The van der Waals surface area contributed by atoms with Crippen LogP contribution in [0.5, 0.6) is 0 Å². The van der Waals surface area contributed by atoms with Gasteiger partial charge < -0.3 is 14.9 Å². The van der Waals surface area contributed by atoms with E-state index in [1.54, 1.807) is 0 Å². The van der Waals surface area contributed by atoms with Gasteiger partial charge in [0.2, 0.25) is 0 Å². The third kappa shape index (κ3) is 5.44. The van der Waals surface area contributed by atoms with Crippen molar-refractivity contribution in [2.45, 2.75) is 12.8 Å². The predicted octanol–water partition coefficient (Wildman–Crippen LogP) is 3.58. The Kier molecular flexibility index (Phi) is 6.49. The number of hydrogen-bond donors (Lipinski definition) is 3. The second-order valence-electron chi connectivity index (χ2n) is 6.09. The molecule has 3 aromatic carbocycles. The summed E-state index contributed by atoms with van der Waals surface area (Å²) in [7, 11) is -4.45. The van der Waals surface area contributed by atoms with Crippen molar-refractivity contribution >= 4 is 29.4 Å². The van der Waals surface area contributed by atoms with Gasteiger partial charge in [0.15, 0.2) is 0 Å². The van der Waals surface area contributed by atoms with Gasteiger partial charge in [-0.15, -0.1) is 0 Å². The predicted molar refractivity (Wildman–Crippen MR) is 110 cm³/mol. The van der Waals surface area contributed by atoms with Gasteiger partial charge in [-0.25, -0.2) is 4.57 Å². The number of rotatable bonds is 4. The smallest absolute Gasteiger partial charge is 0.395 e. The van der Waals surface area contributed by atoms with E-state index in [1.807, 2.05) is 36.4 Å². The normalized spacial score (nSPS) is 11.0. The highest BCUT2D eigenvalue weighted by Crippen LogP contribution is 2.35. The summed E-state index contributed by atoms with van der Waals surface area (Å²) < 4.78 is 15.0. The average Bonchev–Trinajstić information content (AvgIpc) is 2.67. The Balaban J connectivity index is 1.91. The van der Waals surface area contributed by atoms with Crippen LogP contribution in [0.3, 0.4) is 0 Å². The minimum atomic E-state index is -4.45. The van der Waals surface area contributed by atoms with E-state index in [4.69, 9.17) is 14.9 Å². The maximum absolute atomic E-state index is 10.6. The highest BCUT2D eigenvalue weighted by Gasteiger charge is 2.11. The highest BCUT2D eigenvalue weighted by molar-refractivity contribution is 7.46. The summed E-state index contributed by atoms with van der Waals surface area (Å²) >= 11 is 0. The standard InChI is InChI=1S/C22H19O5P/c23-13-3-1-5-17-7-9-19-11-12-20-10-8-18(16-22(20)21(19)15-17)6-2-4-14-27-28(24,25)26/h7-12,15-16,23H,3-4,13-14H2,(H2,24,25,26). The Morgan fingerprint density at radius 3 is 1.82 bits per heavy atom. The van der Waals surface area contributed by atoms with Gasteiger partial charge >= 0.3 is 7.82 Å². The van der Waals surface area contributed by atoms with E-state index in [1.165, 1.54) is 0 Å². The molecule has 0 unspecified atom stereocenters. The van der Waals surface area contributed by atoms with E-state index < -0.39 is 7.82 Å². The molecule has 28 heavy (non-hydrogen) atoms. The van der Waals surface area contributed by atoms with Crippen LogP contribution in [0.15, 0.2) is 48.5 Å². The molecule has 5 nitrogen and oxygen atoms in total. The van der Waals surface area contributed by atoms with E-state index in [0.717, 1.165) is 32.7 Å². The van der Waals surface area contributed by atoms with Crippen molar-refractivity contribution < 1.29 is 24.0 Å². The number of fused-ring (bicyclic) bond motifs is 3. The van der Waals surface area contributed by atoms with Crippen molar-refractivity contribution in [2.75, 3.05) is 13.2 Å². The Hall–Kier alpha value is -2.63. The van der Waals surface area contributed by atoms with Crippen molar-refractivity contribution in [3.8, 4) is 23.7 Å². The molecule has 3 N–H and O–H groups in total. The molecule has 0 aromatic heterocycles. The summed E-state index contributed by atoms with van der Waals surface area (Å²) in [6, 6.07) is 16.0. The van der Waals surface area contributed by atoms with Gasteiger partial charge in [0.25, 0.3) is 0 Å².